The number of nitrogens with zero attached hydrogens (tertiary/aromatic N) is 2. The van der Waals surface area contributed by atoms with Crippen molar-refractivity contribution in [2.24, 2.45) is 0 Å². The fourth-order valence-corrected chi connectivity index (χ4v) is 4.99. The van der Waals surface area contributed by atoms with Gasteiger partial charge in [-0.25, -0.2) is 4.98 Å². The molecule has 132 valence electrons. The molecule has 3 N–H and O–H groups in total. The van der Waals surface area contributed by atoms with Crippen molar-refractivity contribution in [3.8, 4) is 0 Å². The maximum Gasteiger partial charge on any atom is 0.256 e. The number of aromatic amines is 1. The third-order valence-corrected chi connectivity index (χ3v) is 6.24. The summed E-state index contributed by atoms with van der Waals surface area (Å²) in [5.74, 6) is 0. The zero-order valence-electron chi connectivity index (χ0n) is 14.0. The van der Waals surface area contributed by atoms with E-state index in [0.29, 0.717) is 5.39 Å². The first kappa shape index (κ1) is 15.7. The standard InChI is InChI=1S/C19H18N4O2S/c24-14-4-2-1-3-13(14)22-19-23-16-10-5-7-20-9-12(10)15-11(17(16)26-19)6-8-21-18(15)25/h5-9,13-14,24H,1-4H2,(H,21,25)(H,22,23)/t13-,14-/m1/s1. The van der Waals surface area contributed by atoms with Crippen LogP contribution in [0.1, 0.15) is 25.7 Å². The molecule has 26 heavy (non-hydrogen) atoms. The van der Waals surface area contributed by atoms with Crippen LogP contribution in [0.15, 0.2) is 35.5 Å². The normalized spacial score (nSPS) is 20.8. The molecular formula is C19H18N4O2S. The van der Waals surface area contributed by atoms with Gasteiger partial charge in [0.05, 0.1) is 27.7 Å². The van der Waals surface area contributed by atoms with Gasteiger partial charge in [-0.05, 0) is 25.0 Å². The molecule has 2 atom stereocenters. The van der Waals surface area contributed by atoms with E-state index in [9.17, 15) is 9.90 Å². The summed E-state index contributed by atoms with van der Waals surface area (Å²) in [7, 11) is 0. The molecule has 1 aromatic carbocycles. The molecular weight excluding hydrogens is 348 g/mol. The van der Waals surface area contributed by atoms with Crippen LogP contribution in [0.5, 0.6) is 0 Å². The van der Waals surface area contributed by atoms with Gasteiger partial charge < -0.3 is 15.4 Å². The summed E-state index contributed by atoms with van der Waals surface area (Å²) in [6.45, 7) is 0. The van der Waals surface area contributed by atoms with E-state index >= 15 is 0 Å². The van der Waals surface area contributed by atoms with Crippen LogP contribution >= 0.6 is 11.3 Å². The molecule has 0 aliphatic heterocycles. The minimum Gasteiger partial charge on any atom is -0.391 e. The Bertz CT molecular complexity index is 1180. The van der Waals surface area contributed by atoms with Crippen molar-refractivity contribution in [3.05, 3.63) is 41.1 Å². The Morgan fingerprint density at radius 1 is 1.19 bits per heavy atom. The molecule has 1 saturated carbocycles. The molecule has 0 unspecified atom stereocenters. The third-order valence-electron chi connectivity index (χ3n) is 5.22. The van der Waals surface area contributed by atoms with Crippen LogP contribution in [0, 0.1) is 0 Å². The number of thiazole rings is 1. The van der Waals surface area contributed by atoms with E-state index in [1.807, 2.05) is 12.1 Å². The lowest BCUT2D eigenvalue weighted by Gasteiger charge is -2.27. The van der Waals surface area contributed by atoms with Gasteiger partial charge in [-0.1, -0.05) is 24.2 Å². The van der Waals surface area contributed by atoms with Gasteiger partial charge in [0.2, 0.25) is 0 Å². The number of benzene rings is 1. The quantitative estimate of drug-likeness (QED) is 0.473. The van der Waals surface area contributed by atoms with Crippen LogP contribution in [-0.4, -0.2) is 32.2 Å². The molecule has 1 fully saturated rings. The largest absolute Gasteiger partial charge is 0.391 e. The van der Waals surface area contributed by atoms with Crippen LogP contribution in [0.25, 0.3) is 31.8 Å². The molecule has 6 nitrogen and oxygen atoms in total. The van der Waals surface area contributed by atoms with Crippen LogP contribution < -0.4 is 10.9 Å². The van der Waals surface area contributed by atoms with E-state index in [0.717, 1.165) is 57.2 Å². The fourth-order valence-electron chi connectivity index (χ4n) is 3.92. The first-order valence-electron chi connectivity index (χ1n) is 8.84. The van der Waals surface area contributed by atoms with Crippen LogP contribution in [0.4, 0.5) is 5.13 Å². The Morgan fingerprint density at radius 3 is 2.96 bits per heavy atom. The van der Waals surface area contributed by atoms with Crippen LogP contribution in [-0.2, 0) is 0 Å². The Labute approximate surface area is 152 Å². The Morgan fingerprint density at radius 2 is 2.08 bits per heavy atom. The number of hydrogen-bond donors (Lipinski definition) is 3. The van der Waals surface area contributed by atoms with Crippen molar-refractivity contribution in [3.63, 3.8) is 0 Å². The lowest BCUT2D eigenvalue weighted by Crippen LogP contribution is -2.36. The molecule has 1 aliphatic carbocycles. The Balaban J connectivity index is 1.75. The summed E-state index contributed by atoms with van der Waals surface area (Å²) in [5, 5.41) is 17.7. The SMILES string of the molecule is O=c1[nH]ccc2c3sc(N[C@@H]4CCCC[C@H]4O)nc3c3ccncc3c12. The molecule has 7 heteroatoms. The molecule has 1 aliphatic rings. The predicted molar refractivity (Wildman–Crippen MR) is 105 cm³/mol. The smallest absolute Gasteiger partial charge is 0.256 e. The molecule has 0 radical (unpaired) electrons. The Hall–Kier alpha value is -2.51. The van der Waals surface area contributed by atoms with Crippen molar-refractivity contribution in [1.29, 1.82) is 0 Å². The number of anilines is 1. The highest BCUT2D eigenvalue weighted by Gasteiger charge is 2.24. The molecule has 4 aromatic rings. The zero-order chi connectivity index (χ0) is 17.7. The number of aliphatic hydroxyl groups excluding tert-OH is 1. The van der Waals surface area contributed by atoms with Crippen LogP contribution in [0.2, 0.25) is 0 Å². The van der Waals surface area contributed by atoms with Crippen molar-refractivity contribution < 1.29 is 5.11 Å². The minimum absolute atomic E-state index is 0.0342. The van der Waals surface area contributed by atoms with Gasteiger partial charge in [0.15, 0.2) is 5.13 Å². The number of aliphatic hydroxyl groups is 1. The van der Waals surface area contributed by atoms with Crippen molar-refractivity contribution >= 4 is 48.2 Å². The highest BCUT2D eigenvalue weighted by atomic mass is 32.1. The highest BCUT2D eigenvalue weighted by Crippen LogP contribution is 2.38. The lowest BCUT2D eigenvalue weighted by atomic mass is 9.93. The lowest BCUT2D eigenvalue weighted by molar-refractivity contribution is 0.116. The second-order valence-corrected chi connectivity index (χ2v) is 7.82. The number of aromatic nitrogens is 3. The van der Waals surface area contributed by atoms with E-state index in [1.165, 1.54) is 11.3 Å². The molecule has 3 aromatic heterocycles. The maximum atomic E-state index is 12.5. The van der Waals surface area contributed by atoms with E-state index in [1.54, 1.807) is 18.6 Å². The second kappa shape index (κ2) is 6.03. The van der Waals surface area contributed by atoms with Crippen LogP contribution in [0.3, 0.4) is 0 Å². The van der Waals surface area contributed by atoms with Crippen molar-refractivity contribution in [1.82, 2.24) is 15.0 Å². The molecule has 5 rings (SSSR count). The molecule has 3 heterocycles. The first-order valence-corrected chi connectivity index (χ1v) is 9.66. The van der Waals surface area contributed by atoms with Gasteiger partial charge in [0, 0.05) is 34.7 Å². The third kappa shape index (κ3) is 2.39. The fraction of sp³-hybridized carbons (Fsp3) is 0.316. The number of H-pyrrole nitrogens is 1. The van der Waals surface area contributed by atoms with Gasteiger partial charge in [0.1, 0.15) is 0 Å². The molecule has 0 spiro atoms. The van der Waals surface area contributed by atoms with Crippen molar-refractivity contribution in [2.75, 3.05) is 5.32 Å². The number of fused-ring (bicyclic) bond motifs is 6. The van der Waals surface area contributed by atoms with Gasteiger partial charge in [0.25, 0.3) is 5.56 Å². The van der Waals surface area contributed by atoms with Gasteiger partial charge in [-0.3, -0.25) is 9.78 Å². The monoisotopic (exact) mass is 366 g/mol. The van der Waals surface area contributed by atoms with E-state index < -0.39 is 0 Å². The number of pyridine rings is 2. The molecule has 0 amide bonds. The predicted octanol–water partition coefficient (Wildman–Crippen LogP) is 3.40. The highest BCUT2D eigenvalue weighted by molar-refractivity contribution is 7.23. The first-order chi connectivity index (χ1) is 12.7. The Kier molecular flexibility index (Phi) is 3.65. The number of rotatable bonds is 2. The van der Waals surface area contributed by atoms with E-state index in [2.05, 4.69) is 15.3 Å². The summed E-state index contributed by atoms with van der Waals surface area (Å²) in [6, 6.07) is 3.86. The van der Waals surface area contributed by atoms with Crippen molar-refractivity contribution in [2.45, 2.75) is 37.8 Å². The summed E-state index contributed by atoms with van der Waals surface area (Å²) in [5.41, 5.74) is 0.756. The summed E-state index contributed by atoms with van der Waals surface area (Å²) in [4.78, 5) is 24.2. The number of hydrogen-bond acceptors (Lipinski definition) is 6. The summed E-state index contributed by atoms with van der Waals surface area (Å²) in [6.07, 6.45) is 8.75. The van der Waals surface area contributed by atoms with Gasteiger partial charge >= 0.3 is 0 Å². The average molecular weight is 366 g/mol. The summed E-state index contributed by atoms with van der Waals surface area (Å²) < 4.78 is 0.984. The molecule has 0 saturated heterocycles. The average Bonchev–Trinajstić information content (AvgIpc) is 3.08. The molecule has 0 bridgehead atoms. The van der Waals surface area contributed by atoms with E-state index in [-0.39, 0.29) is 17.7 Å². The topological polar surface area (TPSA) is 90.9 Å². The zero-order valence-corrected chi connectivity index (χ0v) is 14.8. The van der Waals surface area contributed by atoms with Gasteiger partial charge in [-0.2, -0.15) is 0 Å². The maximum absolute atomic E-state index is 12.5. The van der Waals surface area contributed by atoms with Gasteiger partial charge in [-0.15, -0.1) is 0 Å². The number of nitrogens with one attached hydrogen (secondary N) is 2. The summed E-state index contributed by atoms with van der Waals surface area (Å²) >= 11 is 1.54. The van der Waals surface area contributed by atoms with E-state index in [4.69, 9.17) is 4.98 Å². The minimum atomic E-state index is -0.337. The second-order valence-electron chi connectivity index (χ2n) is 6.82.